The van der Waals surface area contributed by atoms with E-state index in [1.807, 2.05) is 0 Å². The highest BCUT2D eigenvalue weighted by atomic mass is 35.5. The van der Waals surface area contributed by atoms with Crippen LogP contribution in [0.4, 0.5) is 13.2 Å². The Morgan fingerprint density at radius 1 is 1.18 bits per heavy atom. The van der Waals surface area contributed by atoms with Gasteiger partial charge in [-0.2, -0.15) is 13.2 Å². The monoisotopic (exact) mass is 475 g/mol. The third-order valence-electron chi connectivity index (χ3n) is 5.11. The van der Waals surface area contributed by atoms with Gasteiger partial charge in [0.1, 0.15) is 18.2 Å². The molecule has 0 bridgehead atoms. The molecule has 0 saturated carbocycles. The number of carboxylic acids is 1. The number of alkyl halides is 3. The number of halogens is 4. The van der Waals surface area contributed by atoms with Crippen molar-refractivity contribution in [2.45, 2.75) is 26.3 Å². The molecule has 2 aromatic heterocycles. The molecule has 10 heteroatoms. The number of hydrogen-bond acceptors (Lipinski definition) is 4. The first-order chi connectivity index (χ1) is 15.6. The maximum Gasteiger partial charge on any atom is 0.417 e. The smallest absolute Gasteiger partial charge is 0.417 e. The zero-order valence-corrected chi connectivity index (χ0v) is 18.0. The van der Waals surface area contributed by atoms with Gasteiger partial charge in [0.25, 0.3) is 0 Å². The number of hydrogen-bond donors (Lipinski definition) is 1. The van der Waals surface area contributed by atoms with E-state index in [-0.39, 0.29) is 29.4 Å². The van der Waals surface area contributed by atoms with E-state index in [1.54, 1.807) is 47.9 Å². The Morgan fingerprint density at radius 2 is 1.94 bits per heavy atom. The fourth-order valence-electron chi connectivity index (χ4n) is 3.42. The predicted octanol–water partition coefficient (Wildman–Crippen LogP) is 5.74. The SMILES string of the molecule is Cc1nc2ccc(OCc3ccccc3C(=O)O)cc2n1Cc1ncc(C(F)(F)F)cc1Cl. The highest BCUT2D eigenvalue weighted by Crippen LogP contribution is 2.32. The minimum absolute atomic E-state index is 0.0490. The van der Waals surface area contributed by atoms with Crippen molar-refractivity contribution < 1.29 is 27.8 Å². The average Bonchev–Trinajstić information content (AvgIpc) is 3.07. The number of imidazole rings is 1. The van der Waals surface area contributed by atoms with Crippen LogP contribution in [-0.2, 0) is 19.3 Å². The largest absolute Gasteiger partial charge is 0.489 e. The van der Waals surface area contributed by atoms with Gasteiger partial charge in [0, 0.05) is 17.8 Å². The van der Waals surface area contributed by atoms with Crippen molar-refractivity contribution in [2.75, 3.05) is 0 Å². The van der Waals surface area contributed by atoms with Crippen molar-refractivity contribution in [3.05, 3.63) is 88.0 Å². The van der Waals surface area contributed by atoms with E-state index < -0.39 is 17.7 Å². The van der Waals surface area contributed by atoms with Crippen LogP contribution in [-0.4, -0.2) is 25.6 Å². The van der Waals surface area contributed by atoms with Crippen LogP contribution in [0, 0.1) is 6.92 Å². The second-order valence-electron chi connectivity index (χ2n) is 7.30. The van der Waals surface area contributed by atoms with Gasteiger partial charge in [-0.25, -0.2) is 9.78 Å². The molecule has 4 rings (SSSR count). The number of rotatable bonds is 6. The second kappa shape index (κ2) is 8.74. The van der Waals surface area contributed by atoms with Gasteiger partial charge >= 0.3 is 12.1 Å². The van der Waals surface area contributed by atoms with Gasteiger partial charge in [-0.3, -0.25) is 4.98 Å². The molecule has 0 amide bonds. The molecule has 0 aliphatic heterocycles. The summed E-state index contributed by atoms with van der Waals surface area (Å²) in [7, 11) is 0. The first kappa shape index (κ1) is 22.6. The van der Waals surface area contributed by atoms with Crippen LogP contribution in [0.5, 0.6) is 5.75 Å². The fraction of sp³-hybridized carbons (Fsp3) is 0.174. The summed E-state index contributed by atoms with van der Waals surface area (Å²) in [4.78, 5) is 19.8. The molecule has 2 heterocycles. The first-order valence-corrected chi connectivity index (χ1v) is 10.1. The Hall–Kier alpha value is -3.59. The molecule has 2 aromatic carbocycles. The van der Waals surface area contributed by atoms with Crippen molar-refractivity contribution in [1.29, 1.82) is 0 Å². The van der Waals surface area contributed by atoms with Gasteiger partial charge in [-0.05, 0) is 31.2 Å². The van der Waals surface area contributed by atoms with Crippen LogP contribution in [0.3, 0.4) is 0 Å². The molecule has 0 aliphatic carbocycles. The summed E-state index contributed by atoms with van der Waals surface area (Å²) in [6.45, 7) is 1.93. The van der Waals surface area contributed by atoms with E-state index in [0.717, 1.165) is 12.3 Å². The lowest BCUT2D eigenvalue weighted by molar-refractivity contribution is -0.137. The molecule has 1 N–H and O–H groups in total. The fourth-order valence-corrected chi connectivity index (χ4v) is 3.64. The number of nitrogens with zero attached hydrogens (tertiary/aromatic N) is 3. The molecule has 0 radical (unpaired) electrons. The molecule has 0 spiro atoms. The molecular formula is C23H17ClF3N3O3. The van der Waals surface area contributed by atoms with Crippen LogP contribution in [0.15, 0.2) is 54.7 Å². The standard InChI is InChI=1S/C23H17ClF3N3O3/c1-13-29-19-7-6-16(33-12-14-4-2-3-5-17(14)22(31)32)9-21(19)30(13)11-20-18(24)8-15(10-28-20)23(25,26)27/h2-10H,11-12H2,1H3,(H,31,32). The van der Waals surface area contributed by atoms with Crippen molar-refractivity contribution in [2.24, 2.45) is 0 Å². The Morgan fingerprint density at radius 3 is 2.64 bits per heavy atom. The third-order valence-corrected chi connectivity index (χ3v) is 5.43. The lowest BCUT2D eigenvalue weighted by Gasteiger charge is -2.12. The zero-order chi connectivity index (χ0) is 23.8. The molecule has 0 saturated heterocycles. The molecule has 4 aromatic rings. The lowest BCUT2D eigenvalue weighted by Crippen LogP contribution is -2.09. The van der Waals surface area contributed by atoms with Crippen LogP contribution >= 0.6 is 11.6 Å². The van der Waals surface area contributed by atoms with E-state index in [2.05, 4.69) is 9.97 Å². The molecule has 6 nitrogen and oxygen atoms in total. The Labute approximate surface area is 191 Å². The Kier molecular flexibility index (Phi) is 5.99. The summed E-state index contributed by atoms with van der Waals surface area (Å²) < 4.78 is 46.3. The molecular weight excluding hydrogens is 459 g/mol. The third kappa shape index (κ3) is 4.78. The topological polar surface area (TPSA) is 77.2 Å². The summed E-state index contributed by atoms with van der Waals surface area (Å²) in [6, 6.07) is 12.6. The molecule has 170 valence electrons. The number of aromatic nitrogens is 3. The van der Waals surface area contributed by atoms with E-state index >= 15 is 0 Å². The van der Waals surface area contributed by atoms with Crippen molar-refractivity contribution in [1.82, 2.24) is 14.5 Å². The van der Waals surface area contributed by atoms with E-state index in [0.29, 0.717) is 28.2 Å². The Balaban J connectivity index is 1.61. The first-order valence-electron chi connectivity index (χ1n) is 9.76. The summed E-state index contributed by atoms with van der Waals surface area (Å²) in [5.41, 5.74) is 1.37. The molecule has 0 fully saturated rings. The lowest BCUT2D eigenvalue weighted by atomic mass is 10.1. The number of benzene rings is 2. The number of ether oxygens (including phenoxy) is 1. The normalized spacial score (nSPS) is 11.7. The van der Waals surface area contributed by atoms with Gasteiger partial charge < -0.3 is 14.4 Å². The van der Waals surface area contributed by atoms with Crippen LogP contribution in [0.25, 0.3) is 11.0 Å². The predicted molar refractivity (Wildman–Crippen MR) is 116 cm³/mol. The maximum absolute atomic E-state index is 12.9. The van der Waals surface area contributed by atoms with Crippen molar-refractivity contribution in [3.63, 3.8) is 0 Å². The van der Waals surface area contributed by atoms with Crippen LogP contribution < -0.4 is 4.74 Å². The number of carbonyl (C=O) groups is 1. The van der Waals surface area contributed by atoms with E-state index in [4.69, 9.17) is 16.3 Å². The summed E-state index contributed by atoms with van der Waals surface area (Å²) >= 11 is 6.08. The number of fused-ring (bicyclic) bond motifs is 1. The highest BCUT2D eigenvalue weighted by Gasteiger charge is 2.31. The van der Waals surface area contributed by atoms with Crippen molar-refractivity contribution in [3.8, 4) is 5.75 Å². The highest BCUT2D eigenvalue weighted by molar-refractivity contribution is 6.31. The van der Waals surface area contributed by atoms with E-state index in [9.17, 15) is 23.1 Å². The molecule has 33 heavy (non-hydrogen) atoms. The minimum atomic E-state index is -4.53. The van der Waals surface area contributed by atoms with Gasteiger partial charge in [0.05, 0.1) is 39.4 Å². The quantitative estimate of drug-likeness (QED) is 0.385. The summed E-state index contributed by atoms with van der Waals surface area (Å²) in [6.07, 6.45) is -3.78. The molecule has 0 unspecified atom stereocenters. The maximum atomic E-state index is 12.9. The molecule has 0 aliphatic rings. The number of aryl methyl sites for hydroxylation is 1. The van der Waals surface area contributed by atoms with Gasteiger partial charge in [-0.1, -0.05) is 29.8 Å². The van der Waals surface area contributed by atoms with Gasteiger partial charge in [0.2, 0.25) is 0 Å². The average molecular weight is 476 g/mol. The van der Waals surface area contributed by atoms with Crippen molar-refractivity contribution >= 4 is 28.6 Å². The number of aromatic carboxylic acids is 1. The summed E-state index contributed by atoms with van der Waals surface area (Å²) in [5.74, 6) is 0.0609. The Bertz CT molecular complexity index is 1350. The number of pyridine rings is 1. The second-order valence-corrected chi connectivity index (χ2v) is 7.70. The van der Waals surface area contributed by atoms with Crippen LogP contribution in [0.2, 0.25) is 5.02 Å². The van der Waals surface area contributed by atoms with Gasteiger partial charge in [0.15, 0.2) is 0 Å². The van der Waals surface area contributed by atoms with Gasteiger partial charge in [-0.15, -0.1) is 0 Å². The number of carboxylic acid groups (broad SMARTS) is 1. The molecule has 0 atom stereocenters. The van der Waals surface area contributed by atoms with Crippen LogP contribution in [0.1, 0.15) is 33.0 Å². The minimum Gasteiger partial charge on any atom is -0.489 e. The summed E-state index contributed by atoms with van der Waals surface area (Å²) in [5, 5.41) is 9.23. The zero-order valence-electron chi connectivity index (χ0n) is 17.2. The van der Waals surface area contributed by atoms with E-state index in [1.165, 1.54) is 6.07 Å².